The molecule has 1 unspecified atom stereocenters. The Balaban J connectivity index is 1.57. The molecule has 0 radical (unpaired) electrons. The normalized spacial score (nSPS) is 24.0. The monoisotopic (exact) mass is 355 g/mol. The number of rotatable bonds is 4. The number of hydrogen-bond acceptors (Lipinski definition) is 2. The zero-order valence-electron chi connectivity index (χ0n) is 13.2. The zero-order valence-corrected chi connectivity index (χ0v) is 14.8. The molecule has 1 atom stereocenters. The summed E-state index contributed by atoms with van der Waals surface area (Å²) in [7, 11) is -3.39. The lowest BCUT2D eigenvalue weighted by Crippen LogP contribution is -3.15. The molecule has 1 heterocycles. The first-order chi connectivity index (χ1) is 11.1. The van der Waals surface area contributed by atoms with Gasteiger partial charge in [0.25, 0.3) is 0 Å². The molecule has 2 aliphatic rings. The summed E-state index contributed by atoms with van der Waals surface area (Å²) >= 11 is 5.84. The molecular weight excluding hydrogens is 332 g/mol. The summed E-state index contributed by atoms with van der Waals surface area (Å²) < 4.78 is 26.9. The van der Waals surface area contributed by atoms with E-state index in [-0.39, 0.29) is 0 Å². The van der Waals surface area contributed by atoms with Gasteiger partial charge in [-0.05, 0) is 43.5 Å². The highest BCUT2D eigenvalue weighted by molar-refractivity contribution is 7.89. The van der Waals surface area contributed by atoms with Gasteiger partial charge in [0.05, 0.1) is 37.6 Å². The fourth-order valence-corrected chi connectivity index (χ4v) is 5.02. The molecule has 0 amide bonds. The third-order valence-corrected chi connectivity index (χ3v) is 7.00. The van der Waals surface area contributed by atoms with Crippen molar-refractivity contribution in [3.63, 3.8) is 0 Å². The van der Waals surface area contributed by atoms with Crippen molar-refractivity contribution >= 4 is 21.6 Å². The van der Waals surface area contributed by atoms with Gasteiger partial charge < -0.3 is 4.90 Å². The van der Waals surface area contributed by atoms with E-state index in [1.54, 1.807) is 28.6 Å². The Morgan fingerprint density at radius 3 is 2.43 bits per heavy atom. The molecule has 1 aliphatic heterocycles. The number of nitrogens with one attached hydrogen (secondary N) is 1. The van der Waals surface area contributed by atoms with Crippen LogP contribution in [0.15, 0.2) is 41.3 Å². The summed E-state index contributed by atoms with van der Waals surface area (Å²) in [5.41, 5.74) is 0. The van der Waals surface area contributed by atoms with Crippen LogP contribution in [0.4, 0.5) is 0 Å². The number of piperazine rings is 1. The van der Waals surface area contributed by atoms with Gasteiger partial charge in [-0.2, -0.15) is 4.31 Å². The van der Waals surface area contributed by atoms with Crippen LogP contribution >= 0.6 is 11.6 Å². The van der Waals surface area contributed by atoms with Crippen LogP contribution in [0.1, 0.15) is 19.3 Å². The SMILES string of the molecule is O=S(=O)(c1ccc(Cl)cc1)N1CC[NH+](CC2CC=CCC2)CC1. The fourth-order valence-electron chi connectivity index (χ4n) is 3.45. The van der Waals surface area contributed by atoms with Gasteiger partial charge in [0.15, 0.2) is 0 Å². The maximum Gasteiger partial charge on any atom is 0.243 e. The van der Waals surface area contributed by atoms with Gasteiger partial charge in [0.2, 0.25) is 10.0 Å². The number of halogens is 1. The van der Waals surface area contributed by atoms with Crippen LogP contribution in [0.5, 0.6) is 0 Å². The molecule has 6 heteroatoms. The van der Waals surface area contributed by atoms with Gasteiger partial charge in [-0.25, -0.2) is 8.42 Å². The van der Waals surface area contributed by atoms with E-state index in [2.05, 4.69) is 12.2 Å². The molecule has 1 aromatic rings. The number of sulfonamides is 1. The summed E-state index contributed by atoms with van der Waals surface area (Å²) in [6.45, 7) is 4.16. The first kappa shape index (κ1) is 17.0. The predicted molar refractivity (Wildman–Crippen MR) is 92.3 cm³/mol. The van der Waals surface area contributed by atoms with Crippen molar-refractivity contribution in [2.45, 2.75) is 24.2 Å². The van der Waals surface area contributed by atoms with Gasteiger partial charge in [-0.15, -0.1) is 0 Å². The first-order valence-electron chi connectivity index (χ1n) is 8.30. The van der Waals surface area contributed by atoms with Crippen LogP contribution < -0.4 is 4.90 Å². The summed E-state index contributed by atoms with van der Waals surface area (Å²) in [5, 5.41) is 0.555. The molecule has 3 rings (SSSR count). The predicted octanol–water partition coefficient (Wildman–Crippen LogP) is 1.59. The Morgan fingerprint density at radius 1 is 1.13 bits per heavy atom. The average Bonchev–Trinajstić information content (AvgIpc) is 2.57. The van der Waals surface area contributed by atoms with Crippen LogP contribution in [0, 0.1) is 5.92 Å². The number of hydrogen-bond donors (Lipinski definition) is 1. The third kappa shape index (κ3) is 4.15. The number of benzene rings is 1. The van der Waals surface area contributed by atoms with Crippen LogP contribution in [-0.4, -0.2) is 45.4 Å². The van der Waals surface area contributed by atoms with Crippen LogP contribution in [0.2, 0.25) is 5.02 Å². The summed E-state index contributed by atoms with van der Waals surface area (Å²) in [6, 6.07) is 6.44. The second-order valence-corrected chi connectivity index (χ2v) is 8.84. The molecule has 0 bridgehead atoms. The molecule has 1 fully saturated rings. The van der Waals surface area contributed by atoms with Gasteiger partial charge in [0.1, 0.15) is 0 Å². The molecule has 126 valence electrons. The van der Waals surface area contributed by atoms with E-state index in [1.165, 1.54) is 30.7 Å². The number of quaternary nitrogens is 1. The van der Waals surface area contributed by atoms with Gasteiger partial charge in [-0.1, -0.05) is 23.8 Å². The fraction of sp³-hybridized carbons (Fsp3) is 0.529. The summed E-state index contributed by atoms with van der Waals surface area (Å²) in [6.07, 6.45) is 8.19. The van der Waals surface area contributed by atoms with Gasteiger partial charge in [0, 0.05) is 10.9 Å². The van der Waals surface area contributed by atoms with E-state index in [1.807, 2.05) is 0 Å². The van der Waals surface area contributed by atoms with Crippen molar-refractivity contribution < 1.29 is 13.3 Å². The lowest BCUT2D eigenvalue weighted by atomic mass is 9.94. The van der Waals surface area contributed by atoms with E-state index < -0.39 is 10.0 Å². The van der Waals surface area contributed by atoms with Gasteiger partial charge in [-0.3, -0.25) is 0 Å². The van der Waals surface area contributed by atoms with E-state index >= 15 is 0 Å². The molecule has 1 N–H and O–H groups in total. The smallest absolute Gasteiger partial charge is 0.243 e. The molecular formula is C17H24ClN2O2S+. The van der Waals surface area contributed by atoms with E-state index in [0.717, 1.165) is 19.0 Å². The topological polar surface area (TPSA) is 41.8 Å². The Morgan fingerprint density at radius 2 is 1.83 bits per heavy atom. The van der Waals surface area contributed by atoms with Crippen molar-refractivity contribution in [2.24, 2.45) is 5.92 Å². The Bertz CT molecular complexity index is 650. The van der Waals surface area contributed by atoms with E-state index in [9.17, 15) is 8.42 Å². The second-order valence-electron chi connectivity index (χ2n) is 6.46. The van der Waals surface area contributed by atoms with Crippen molar-refractivity contribution in [1.82, 2.24) is 4.31 Å². The molecule has 1 aromatic carbocycles. The molecule has 1 aliphatic carbocycles. The number of allylic oxidation sites excluding steroid dienone is 2. The Hall–Kier alpha value is -0.880. The quantitative estimate of drug-likeness (QED) is 0.833. The van der Waals surface area contributed by atoms with Crippen molar-refractivity contribution in [2.75, 3.05) is 32.7 Å². The molecule has 4 nitrogen and oxygen atoms in total. The molecule has 1 saturated heterocycles. The minimum Gasteiger partial charge on any atom is -0.333 e. The highest BCUT2D eigenvalue weighted by Crippen LogP contribution is 2.19. The van der Waals surface area contributed by atoms with Crippen molar-refractivity contribution in [3.8, 4) is 0 Å². The van der Waals surface area contributed by atoms with E-state index in [4.69, 9.17) is 11.6 Å². The highest BCUT2D eigenvalue weighted by Gasteiger charge is 2.31. The highest BCUT2D eigenvalue weighted by atomic mass is 35.5. The Labute approximate surface area is 143 Å². The van der Waals surface area contributed by atoms with Crippen LogP contribution in [0.3, 0.4) is 0 Å². The van der Waals surface area contributed by atoms with Crippen LogP contribution in [-0.2, 0) is 10.0 Å². The largest absolute Gasteiger partial charge is 0.333 e. The molecule has 0 aromatic heterocycles. The summed E-state index contributed by atoms with van der Waals surface area (Å²) in [5.74, 6) is 0.759. The number of nitrogens with zero attached hydrogens (tertiary/aromatic N) is 1. The average molecular weight is 356 g/mol. The van der Waals surface area contributed by atoms with Crippen LogP contribution in [0.25, 0.3) is 0 Å². The molecule has 0 spiro atoms. The first-order valence-corrected chi connectivity index (χ1v) is 10.1. The van der Waals surface area contributed by atoms with E-state index in [0.29, 0.717) is 23.0 Å². The molecule has 23 heavy (non-hydrogen) atoms. The summed E-state index contributed by atoms with van der Waals surface area (Å²) in [4.78, 5) is 1.87. The lowest BCUT2D eigenvalue weighted by molar-refractivity contribution is -0.907. The second kappa shape index (κ2) is 7.34. The standard InChI is InChI=1S/C17H23ClN2O2S/c18-16-6-8-17(9-7-16)23(21,22)20-12-10-19(11-13-20)14-15-4-2-1-3-5-15/h1-2,6-9,15H,3-5,10-14H2/p+1. The lowest BCUT2D eigenvalue weighted by Gasteiger charge is -2.33. The maximum atomic E-state index is 12.7. The maximum absolute atomic E-state index is 12.7. The minimum atomic E-state index is -3.39. The van der Waals surface area contributed by atoms with Crippen molar-refractivity contribution in [1.29, 1.82) is 0 Å². The third-order valence-electron chi connectivity index (χ3n) is 4.84. The minimum absolute atomic E-state index is 0.336. The van der Waals surface area contributed by atoms with Gasteiger partial charge >= 0.3 is 0 Å². The van der Waals surface area contributed by atoms with Crippen molar-refractivity contribution in [3.05, 3.63) is 41.4 Å². The Kier molecular flexibility index (Phi) is 5.42. The molecule has 0 saturated carbocycles. The zero-order chi connectivity index (χ0) is 16.3.